The first-order valence-electron chi connectivity index (χ1n) is 10.0. The molecule has 0 aliphatic rings. The molecule has 1 heterocycles. The Balaban J connectivity index is 1.65. The predicted molar refractivity (Wildman–Crippen MR) is 128 cm³/mol. The van der Waals surface area contributed by atoms with E-state index in [1.54, 1.807) is 6.07 Å². The van der Waals surface area contributed by atoms with E-state index in [9.17, 15) is 0 Å². The molecule has 0 saturated carbocycles. The average molecular weight is 418 g/mol. The molecule has 0 aliphatic heterocycles. The molecule has 6 N–H and O–H groups in total. The molecule has 0 fully saturated rings. The van der Waals surface area contributed by atoms with Gasteiger partial charge in [-0.1, -0.05) is 18.2 Å². The molecule has 9 heteroatoms. The molecular weight excluding hydrogens is 390 g/mol. The van der Waals surface area contributed by atoms with Gasteiger partial charge >= 0.3 is 0 Å². The first-order chi connectivity index (χ1) is 15.1. The van der Waals surface area contributed by atoms with Crippen molar-refractivity contribution >= 4 is 40.6 Å². The van der Waals surface area contributed by atoms with Gasteiger partial charge in [0.05, 0.1) is 0 Å². The van der Waals surface area contributed by atoms with Gasteiger partial charge in [-0.05, 0) is 50.2 Å². The Bertz CT molecular complexity index is 1030. The number of aromatic nitrogens is 2. The molecule has 160 valence electrons. The van der Waals surface area contributed by atoms with Crippen molar-refractivity contribution in [3.8, 4) is 0 Å². The highest BCUT2D eigenvalue weighted by atomic mass is 15.2. The predicted octanol–water partition coefficient (Wildman–Crippen LogP) is 3.44. The summed E-state index contributed by atoms with van der Waals surface area (Å²) in [5.74, 6) is 1.07. The van der Waals surface area contributed by atoms with E-state index in [2.05, 4.69) is 49.3 Å². The molecule has 0 spiro atoms. The first kappa shape index (κ1) is 21.6. The highest BCUT2D eigenvalue weighted by molar-refractivity contribution is 6.01. The Labute approximate surface area is 182 Å². The van der Waals surface area contributed by atoms with Crippen LogP contribution in [0.15, 0.2) is 77.0 Å². The number of hydrogen-bond donors (Lipinski definition) is 4. The van der Waals surface area contributed by atoms with Crippen LogP contribution in [0.3, 0.4) is 0 Å². The van der Waals surface area contributed by atoms with Gasteiger partial charge in [0.25, 0.3) is 0 Å². The van der Waals surface area contributed by atoms with Crippen LogP contribution in [0.25, 0.3) is 0 Å². The quantitative estimate of drug-likeness (QED) is 0.342. The number of aliphatic imine (C=N–C) groups is 2. The normalized spacial score (nSPS) is 11.8. The van der Waals surface area contributed by atoms with Crippen molar-refractivity contribution in [3.05, 3.63) is 67.0 Å². The highest BCUT2D eigenvalue weighted by Gasteiger charge is 2.03. The minimum Gasteiger partial charge on any atom is -0.372 e. The van der Waals surface area contributed by atoms with Gasteiger partial charge in [-0.2, -0.15) is 9.98 Å². The number of nitrogens with zero attached hydrogens (tertiary/aromatic N) is 5. The van der Waals surface area contributed by atoms with Crippen LogP contribution >= 0.6 is 0 Å². The molecule has 0 unspecified atom stereocenters. The van der Waals surface area contributed by atoms with E-state index in [0.29, 0.717) is 11.6 Å². The number of benzene rings is 2. The summed E-state index contributed by atoms with van der Waals surface area (Å²) < 4.78 is 0. The first-order valence-corrected chi connectivity index (χ1v) is 10.0. The third kappa shape index (κ3) is 6.43. The van der Waals surface area contributed by atoms with Crippen molar-refractivity contribution in [2.45, 2.75) is 13.8 Å². The largest absolute Gasteiger partial charge is 0.372 e. The molecule has 31 heavy (non-hydrogen) atoms. The molecule has 0 atom stereocenters. The van der Waals surface area contributed by atoms with Gasteiger partial charge in [-0.15, -0.1) is 0 Å². The van der Waals surface area contributed by atoms with Gasteiger partial charge in [0.1, 0.15) is 12.1 Å². The Morgan fingerprint density at radius 1 is 0.935 bits per heavy atom. The maximum Gasteiger partial charge on any atom is 0.225 e. The van der Waals surface area contributed by atoms with Crippen LogP contribution in [-0.2, 0) is 0 Å². The Morgan fingerprint density at radius 2 is 1.65 bits per heavy atom. The minimum atomic E-state index is -0.0193. The highest BCUT2D eigenvalue weighted by Crippen LogP contribution is 2.18. The zero-order valence-corrected chi connectivity index (χ0v) is 17.7. The number of guanidine groups is 2. The number of hydrogen-bond acceptors (Lipinski definition) is 5. The lowest BCUT2D eigenvalue weighted by Crippen LogP contribution is -2.26. The number of nitrogens with one attached hydrogen (secondary N) is 2. The van der Waals surface area contributed by atoms with Gasteiger partial charge in [0.15, 0.2) is 5.82 Å². The van der Waals surface area contributed by atoms with E-state index in [1.807, 2.05) is 54.6 Å². The van der Waals surface area contributed by atoms with Crippen molar-refractivity contribution in [1.82, 2.24) is 9.97 Å². The van der Waals surface area contributed by atoms with Gasteiger partial charge in [-0.3, -0.25) is 0 Å². The fraction of sp³-hybridized carbons (Fsp3) is 0.182. The minimum absolute atomic E-state index is 0.0193. The topological polar surface area (TPSA) is 130 Å². The number of anilines is 4. The summed E-state index contributed by atoms with van der Waals surface area (Å²) in [6, 6.07) is 19.3. The van der Waals surface area contributed by atoms with Crippen LogP contribution in [0, 0.1) is 0 Å². The summed E-state index contributed by atoms with van der Waals surface area (Å²) in [5, 5.41) is 6.18. The third-order valence-electron chi connectivity index (χ3n) is 4.43. The van der Waals surface area contributed by atoms with Crippen molar-refractivity contribution < 1.29 is 0 Å². The van der Waals surface area contributed by atoms with Crippen molar-refractivity contribution in [3.63, 3.8) is 0 Å². The molecule has 0 aliphatic carbocycles. The van der Waals surface area contributed by atoms with E-state index in [4.69, 9.17) is 11.5 Å². The Morgan fingerprint density at radius 3 is 2.32 bits per heavy atom. The zero-order valence-electron chi connectivity index (χ0n) is 17.7. The SMILES string of the molecule is CCN(CC)c1ccc(N/C(N)=N/C(N)=Nc2cc(Nc3ccccc3)ncn2)cc1. The molecular formula is C22H27N9. The van der Waals surface area contributed by atoms with Gasteiger partial charge in [0.2, 0.25) is 11.9 Å². The molecule has 3 rings (SSSR count). The lowest BCUT2D eigenvalue weighted by molar-refractivity contribution is 0.866. The fourth-order valence-corrected chi connectivity index (χ4v) is 2.93. The van der Waals surface area contributed by atoms with E-state index < -0.39 is 0 Å². The molecule has 0 bridgehead atoms. The van der Waals surface area contributed by atoms with Gasteiger partial charge in [-0.25, -0.2) is 9.97 Å². The summed E-state index contributed by atoms with van der Waals surface area (Å²) in [6.45, 7) is 6.15. The average Bonchev–Trinajstić information content (AvgIpc) is 2.76. The third-order valence-corrected chi connectivity index (χ3v) is 4.43. The van der Waals surface area contributed by atoms with Crippen LogP contribution in [0.1, 0.15) is 13.8 Å². The van der Waals surface area contributed by atoms with Gasteiger partial charge < -0.3 is 27.0 Å². The lowest BCUT2D eigenvalue weighted by Gasteiger charge is -2.21. The Kier molecular flexibility index (Phi) is 7.36. The van der Waals surface area contributed by atoms with E-state index in [-0.39, 0.29) is 11.9 Å². The number of rotatable bonds is 7. The summed E-state index contributed by atoms with van der Waals surface area (Å²) in [7, 11) is 0. The summed E-state index contributed by atoms with van der Waals surface area (Å²) in [6.07, 6.45) is 1.40. The van der Waals surface area contributed by atoms with Crippen molar-refractivity contribution in [2.24, 2.45) is 21.5 Å². The second-order valence-electron chi connectivity index (χ2n) is 6.56. The van der Waals surface area contributed by atoms with E-state index in [1.165, 1.54) is 6.33 Å². The van der Waals surface area contributed by atoms with Crippen LogP contribution in [-0.4, -0.2) is 35.0 Å². The van der Waals surface area contributed by atoms with Crippen LogP contribution in [0.5, 0.6) is 0 Å². The molecule has 2 aromatic carbocycles. The van der Waals surface area contributed by atoms with Crippen molar-refractivity contribution in [1.29, 1.82) is 0 Å². The molecule has 3 aromatic rings. The van der Waals surface area contributed by atoms with Crippen LogP contribution < -0.4 is 27.0 Å². The van der Waals surface area contributed by atoms with Crippen LogP contribution in [0.4, 0.5) is 28.7 Å². The van der Waals surface area contributed by atoms with Crippen molar-refractivity contribution in [2.75, 3.05) is 28.6 Å². The summed E-state index contributed by atoms with van der Waals surface area (Å²) in [4.78, 5) is 18.8. The lowest BCUT2D eigenvalue weighted by atomic mass is 10.2. The zero-order chi connectivity index (χ0) is 22.1. The molecule has 0 amide bonds. The second-order valence-corrected chi connectivity index (χ2v) is 6.56. The Hall–Kier alpha value is -4.14. The van der Waals surface area contributed by atoms with Gasteiger partial charge in [0, 0.05) is 36.2 Å². The van der Waals surface area contributed by atoms with E-state index in [0.717, 1.165) is 30.2 Å². The standard InChI is InChI=1S/C22H27N9/c1-3-31(4-2)18-12-10-17(11-13-18)28-21(23)30-22(24)29-20-14-19(25-15-26-20)27-16-8-6-5-7-9-16/h5-15H,3-4H2,1-2H3,(H6,23,24,25,26,27,28,29,30). The summed E-state index contributed by atoms with van der Waals surface area (Å²) in [5.41, 5.74) is 14.7. The fourth-order valence-electron chi connectivity index (χ4n) is 2.93. The second kappa shape index (κ2) is 10.6. The number of nitrogens with two attached hydrogens (primary N) is 2. The molecule has 1 aromatic heterocycles. The monoisotopic (exact) mass is 417 g/mol. The number of para-hydroxylation sites is 1. The molecule has 9 nitrogen and oxygen atoms in total. The maximum absolute atomic E-state index is 5.97. The van der Waals surface area contributed by atoms with E-state index >= 15 is 0 Å². The van der Waals surface area contributed by atoms with Crippen LogP contribution in [0.2, 0.25) is 0 Å². The summed E-state index contributed by atoms with van der Waals surface area (Å²) >= 11 is 0. The molecule has 0 saturated heterocycles. The molecule has 0 radical (unpaired) electrons. The smallest absolute Gasteiger partial charge is 0.225 e. The maximum atomic E-state index is 5.97.